The molecule has 0 saturated carbocycles. The molecule has 2 aromatic heterocycles. The van der Waals surface area contributed by atoms with E-state index in [4.69, 9.17) is 9.72 Å². The summed E-state index contributed by atoms with van der Waals surface area (Å²) in [5, 5.41) is 0. The summed E-state index contributed by atoms with van der Waals surface area (Å²) in [6, 6.07) is 11.2. The maximum Gasteiger partial charge on any atom is 0.258 e. The van der Waals surface area contributed by atoms with Gasteiger partial charge in [0.25, 0.3) is 5.91 Å². The molecule has 166 valence electrons. The third-order valence-electron chi connectivity index (χ3n) is 5.69. The van der Waals surface area contributed by atoms with Gasteiger partial charge in [-0.2, -0.15) is 0 Å². The van der Waals surface area contributed by atoms with Crippen molar-refractivity contribution < 1.29 is 9.53 Å². The molecule has 0 radical (unpaired) electrons. The smallest absolute Gasteiger partial charge is 0.258 e. The molecule has 1 aliphatic rings. The van der Waals surface area contributed by atoms with Crippen LogP contribution < -0.4 is 9.64 Å². The summed E-state index contributed by atoms with van der Waals surface area (Å²) in [6.07, 6.45) is 8.25. The Bertz CT molecular complexity index is 1070. The molecule has 1 amide bonds. The second kappa shape index (κ2) is 9.77. The number of ether oxygens (including phenoxy) is 1. The first-order valence-electron chi connectivity index (χ1n) is 11.1. The first-order chi connectivity index (χ1) is 15.6. The maximum atomic E-state index is 13.7. The van der Waals surface area contributed by atoms with Gasteiger partial charge in [-0.15, -0.1) is 0 Å². The standard InChI is InChI=1S/C25H29N5O2/c1-4-32-22-11-6-5-9-19(22)24(31)30-16-8-7-10-21(30)23-20(18-12-14-26-15-13-18)17-27-25(28-23)29(2)3/h5-6,9,11-15,17,21H,4,7-8,10,16H2,1-3H3. The fourth-order valence-corrected chi connectivity index (χ4v) is 4.15. The van der Waals surface area contributed by atoms with Gasteiger partial charge in [0.15, 0.2) is 0 Å². The molecule has 32 heavy (non-hydrogen) atoms. The zero-order valence-electron chi connectivity index (χ0n) is 18.9. The van der Waals surface area contributed by atoms with Gasteiger partial charge in [0, 0.05) is 44.8 Å². The lowest BCUT2D eigenvalue weighted by molar-refractivity contribution is 0.0602. The number of nitrogens with zero attached hydrogens (tertiary/aromatic N) is 5. The van der Waals surface area contributed by atoms with Crippen LogP contribution in [-0.2, 0) is 0 Å². The monoisotopic (exact) mass is 431 g/mol. The molecule has 3 aromatic rings. The lowest BCUT2D eigenvalue weighted by atomic mass is 9.93. The van der Waals surface area contributed by atoms with Gasteiger partial charge in [-0.3, -0.25) is 9.78 Å². The average Bonchev–Trinajstić information content (AvgIpc) is 2.84. The van der Waals surface area contributed by atoms with E-state index in [9.17, 15) is 4.79 Å². The van der Waals surface area contributed by atoms with Crippen molar-refractivity contribution in [2.24, 2.45) is 0 Å². The number of pyridine rings is 1. The van der Waals surface area contributed by atoms with E-state index in [0.717, 1.165) is 36.1 Å². The van der Waals surface area contributed by atoms with Crippen LogP contribution >= 0.6 is 0 Å². The van der Waals surface area contributed by atoms with Gasteiger partial charge in [0.1, 0.15) is 5.75 Å². The molecule has 1 saturated heterocycles. The van der Waals surface area contributed by atoms with Gasteiger partial charge < -0.3 is 14.5 Å². The number of benzene rings is 1. The normalized spacial score (nSPS) is 16.0. The predicted octanol–water partition coefficient (Wildman–Crippen LogP) is 4.37. The first-order valence-corrected chi connectivity index (χ1v) is 11.1. The quantitative estimate of drug-likeness (QED) is 0.577. The molecule has 0 N–H and O–H groups in total. The van der Waals surface area contributed by atoms with Crippen molar-refractivity contribution in [3.05, 3.63) is 66.2 Å². The lowest BCUT2D eigenvalue weighted by Gasteiger charge is -2.36. The summed E-state index contributed by atoms with van der Waals surface area (Å²) in [5.74, 6) is 1.23. The van der Waals surface area contributed by atoms with Gasteiger partial charge in [0.05, 0.1) is 23.9 Å². The van der Waals surface area contributed by atoms with E-state index in [1.54, 1.807) is 12.4 Å². The van der Waals surface area contributed by atoms with Crippen LogP contribution in [0, 0.1) is 0 Å². The van der Waals surface area contributed by atoms with E-state index in [-0.39, 0.29) is 11.9 Å². The third kappa shape index (κ3) is 4.42. The highest BCUT2D eigenvalue weighted by Gasteiger charge is 2.33. The van der Waals surface area contributed by atoms with Crippen LogP contribution in [-0.4, -0.2) is 53.0 Å². The molecule has 3 heterocycles. The maximum absolute atomic E-state index is 13.7. The highest BCUT2D eigenvalue weighted by Crippen LogP contribution is 2.37. The van der Waals surface area contributed by atoms with Gasteiger partial charge in [-0.05, 0) is 56.0 Å². The Morgan fingerprint density at radius 2 is 1.94 bits per heavy atom. The van der Waals surface area contributed by atoms with Crippen LogP contribution in [0.15, 0.2) is 55.0 Å². The number of anilines is 1. The van der Waals surface area contributed by atoms with Gasteiger partial charge in [-0.1, -0.05) is 12.1 Å². The summed E-state index contributed by atoms with van der Waals surface area (Å²) >= 11 is 0. The number of hydrogen-bond donors (Lipinski definition) is 0. The van der Waals surface area contributed by atoms with Crippen molar-refractivity contribution in [2.75, 3.05) is 32.1 Å². The molecule has 1 aromatic carbocycles. The number of para-hydroxylation sites is 1. The van der Waals surface area contributed by atoms with Crippen LogP contribution in [0.1, 0.15) is 48.3 Å². The molecule has 1 fully saturated rings. The summed E-state index contributed by atoms with van der Waals surface area (Å²) in [4.78, 5) is 31.2. The summed E-state index contributed by atoms with van der Waals surface area (Å²) in [7, 11) is 3.85. The second-order valence-electron chi connectivity index (χ2n) is 8.04. The molecule has 7 nitrogen and oxygen atoms in total. The number of aromatic nitrogens is 3. The van der Waals surface area contributed by atoms with Gasteiger partial charge in [0.2, 0.25) is 5.95 Å². The van der Waals surface area contributed by atoms with Crippen molar-refractivity contribution in [3.63, 3.8) is 0 Å². The van der Waals surface area contributed by atoms with Crippen LogP contribution in [0.2, 0.25) is 0 Å². The first kappa shape index (κ1) is 21.7. The molecule has 0 spiro atoms. The van der Waals surface area contributed by atoms with Gasteiger partial charge in [-0.25, -0.2) is 9.97 Å². The van der Waals surface area contributed by atoms with Crippen LogP contribution in [0.4, 0.5) is 5.95 Å². The predicted molar refractivity (Wildman–Crippen MR) is 125 cm³/mol. The molecule has 1 atom stereocenters. The third-order valence-corrected chi connectivity index (χ3v) is 5.69. The Hall–Kier alpha value is -3.48. The van der Waals surface area contributed by atoms with E-state index in [1.165, 1.54) is 0 Å². The van der Waals surface area contributed by atoms with E-state index < -0.39 is 0 Å². The van der Waals surface area contributed by atoms with E-state index >= 15 is 0 Å². The number of amides is 1. The van der Waals surface area contributed by atoms with Crippen molar-refractivity contribution in [1.29, 1.82) is 0 Å². The Balaban J connectivity index is 1.79. The minimum Gasteiger partial charge on any atom is -0.493 e. The fraction of sp³-hybridized carbons (Fsp3) is 0.360. The highest BCUT2D eigenvalue weighted by molar-refractivity contribution is 5.97. The number of hydrogen-bond acceptors (Lipinski definition) is 6. The van der Waals surface area contributed by atoms with Crippen LogP contribution in [0.25, 0.3) is 11.1 Å². The molecule has 0 aliphatic carbocycles. The lowest BCUT2D eigenvalue weighted by Crippen LogP contribution is -2.39. The Kier molecular flexibility index (Phi) is 6.63. The zero-order valence-corrected chi connectivity index (χ0v) is 18.9. The fourth-order valence-electron chi connectivity index (χ4n) is 4.15. The molecule has 1 unspecified atom stereocenters. The van der Waals surface area contributed by atoms with Crippen molar-refractivity contribution in [2.45, 2.75) is 32.2 Å². The minimum atomic E-state index is -0.143. The van der Waals surface area contributed by atoms with Crippen LogP contribution in [0.3, 0.4) is 0 Å². The van der Waals surface area contributed by atoms with E-state index in [1.807, 2.05) is 73.4 Å². The number of rotatable bonds is 6. The summed E-state index contributed by atoms with van der Waals surface area (Å²) in [6.45, 7) is 3.12. The molecule has 7 heteroatoms. The van der Waals surface area contributed by atoms with E-state index in [2.05, 4.69) is 9.97 Å². The average molecular weight is 432 g/mol. The van der Waals surface area contributed by atoms with Crippen molar-refractivity contribution in [1.82, 2.24) is 19.9 Å². The molecule has 0 bridgehead atoms. The van der Waals surface area contributed by atoms with Gasteiger partial charge >= 0.3 is 0 Å². The number of piperidine rings is 1. The minimum absolute atomic E-state index is 0.0237. The second-order valence-corrected chi connectivity index (χ2v) is 8.04. The highest BCUT2D eigenvalue weighted by atomic mass is 16.5. The largest absolute Gasteiger partial charge is 0.493 e. The van der Waals surface area contributed by atoms with E-state index in [0.29, 0.717) is 30.4 Å². The summed E-state index contributed by atoms with van der Waals surface area (Å²) in [5.41, 5.74) is 3.39. The number of carbonyl (C=O) groups is 1. The van der Waals surface area contributed by atoms with Crippen molar-refractivity contribution in [3.8, 4) is 16.9 Å². The summed E-state index contributed by atoms with van der Waals surface area (Å²) < 4.78 is 5.75. The molecular formula is C25H29N5O2. The SMILES string of the molecule is CCOc1ccccc1C(=O)N1CCCCC1c1nc(N(C)C)ncc1-c1ccncc1. The zero-order chi connectivity index (χ0) is 22.5. The van der Waals surface area contributed by atoms with Crippen LogP contribution in [0.5, 0.6) is 5.75 Å². The molecule has 1 aliphatic heterocycles. The molecule has 4 rings (SSSR count). The van der Waals surface area contributed by atoms with Crippen molar-refractivity contribution >= 4 is 11.9 Å². The number of carbonyl (C=O) groups excluding carboxylic acids is 1. The topological polar surface area (TPSA) is 71.5 Å². The number of likely N-dealkylation sites (tertiary alicyclic amines) is 1. The molecular weight excluding hydrogens is 402 g/mol. The Morgan fingerprint density at radius 1 is 1.16 bits per heavy atom. The Labute approximate surface area is 189 Å². The Morgan fingerprint density at radius 3 is 2.69 bits per heavy atom.